The molecule has 1 aliphatic rings. The SMILES string of the molecule is CN1CCN(c2ccc(C(=O)OC(=O)C(F)(F)F)c(N(CCCF)C(=O)C(F)(F)F)c2)CC1. The number of hydrogen-bond acceptors (Lipinski definition) is 6. The molecule has 0 aliphatic carbocycles. The van der Waals surface area contributed by atoms with E-state index in [1.807, 2.05) is 11.9 Å². The van der Waals surface area contributed by atoms with Crippen LogP contribution >= 0.6 is 0 Å². The van der Waals surface area contributed by atoms with Crippen LogP contribution in [0.3, 0.4) is 0 Å². The second-order valence-corrected chi connectivity index (χ2v) is 7.16. The van der Waals surface area contributed by atoms with Crippen LogP contribution in [0.5, 0.6) is 0 Å². The van der Waals surface area contributed by atoms with E-state index < -0.39 is 61.1 Å². The number of benzene rings is 1. The molecule has 1 saturated heterocycles. The average Bonchev–Trinajstić information content (AvgIpc) is 2.72. The Kier molecular flexibility index (Phi) is 8.27. The molecular formula is C19H20F7N3O4. The molecule has 7 nitrogen and oxygen atoms in total. The Morgan fingerprint density at radius 1 is 1.00 bits per heavy atom. The minimum absolute atomic E-state index is 0.0494. The van der Waals surface area contributed by atoms with Crippen molar-refractivity contribution in [1.82, 2.24) is 4.90 Å². The third kappa shape index (κ3) is 6.79. The van der Waals surface area contributed by atoms with Crippen LogP contribution in [0, 0.1) is 0 Å². The highest BCUT2D eigenvalue weighted by atomic mass is 19.4. The quantitative estimate of drug-likeness (QED) is 0.349. The van der Waals surface area contributed by atoms with E-state index in [1.165, 1.54) is 6.07 Å². The molecule has 1 fully saturated rings. The Hall–Kier alpha value is -2.90. The van der Waals surface area contributed by atoms with Gasteiger partial charge in [0.15, 0.2) is 0 Å². The number of rotatable bonds is 6. The summed E-state index contributed by atoms with van der Waals surface area (Å²) in [6, 6.07) is 3.11. The van der Waals surface area contributed by atoms with Gasteiger partial charge in [0.25, 0.3) is 0 Å². The first-order valence-corrected chi connectivity index (χ1v) is 9.61. The van der Waals surface area contributed by atoms with E-state index in [4.69, 9.17) is 0 Å². The summed E-state index contributed by atoms with van der Waals surface area (Å²) in [6.45, 7) is 0.118. The molecular weight excluding hydrogens is 467 g/mol. The van der Waals surface area contributed by atoms with E-state index in [2.05, 4.69) is 4.74 Å². The zero-order valence-corrected chi connectivity index (χ0v) is 17.3. The molecule has 0 saturated carbocycles. The van der Waals surface area contributed by atoms with Crippen molar-refractivity contribution in [3.05, 3.63) is 23.8 Å². The monoisotopic (exact) mass is 487 g/mol. The lowest BCUT2D eigenvalue weighted by atomic mass is 10.1. The molecule has 184 valence electrons. The van der Waals surface area contributed by atoms with Gasteiger partial charge in [-0.1, -0.05) is 0 Å². The van der Waals surface area contributed by atoms with Gasteiger partial charge in [-0.3, -0.25) is 9.18 Å². The lowest BCUT2D eigenvalue weighted by Gasteiger charge is -2.35. The number of halogens is 7. The summed E-state index contributed by atoms with van der Waals surface area (Å²) >= 11 is 0. The van der Waals surface area contributed by atoms with E-state index in [9.17, 15) is 45.1 Å². The van der Waals surface area contributed by atoms with Gasteiger partial charge < -0.3 is 19.4 Å². The number of nitrogens with zero attached hydrogens (tertiary/aromatic N) is 3. The number of ether oxygens (including phenoxy) is 1. The molecule has 1 aromatic rings. The van der Waals surface area contributed by atoms with Gasteiger partial charge in [0.05, 0.1) is 17.9 Å². The van der Waals surface area contributed by atoms with E-state index in [1.54, 1.807) is 4.90 Å². The van der Waals surface area contributed by atoms with Gasteiger partial charge in [-0.25, -0.2) is 9.59 Å². The molecule has 14 heteroatoms. The number of amides is 1. The molecule has 1 heterocycles. The van der Waals surface area contributed by atoms with Gasteiger partial charge >= 0.3 is 30.2 Å². The van der Waals surface area contributed by atoms with E-state index in [0.29, 0.717) is 26.2 Å². The van der Waals surface area contributed by atoms with Crippen LogP contribution < -0.4 is 9.80 Å². The Bertz CT molecular complexity index is 881. The molecule has 0 atom stereocenters. The van der Waals surface area contributed by atoms with Crippen molar-refractivity contribution in [2.75, 3.05) is 56.2 Å². The lowest BCUT2D eigenvalue weighted by Crippen LogP contribution is -2.45. The maximum absolute atomic E-state index is 13.2. The number of anilines is 2. The molecule has 0 bridgehead atoms. The highest BCUT2D eigenvalue weighted by Crippen LogP contribution is 2.32. The predicted molar refractivity (Wildman–Crippen MR) is 102 cm³/mol. The maximum atomic E-state index is 13.2. The number of alkyl halides is 7. The van der Waals surface area contributed by atoms with Crippen LogP contribution in [-0.4, -0.2) is 81.5 Å². The summed E-state index contributed by atoms with van der Waals surface area (Å²) in [4.78, 5) is 39.1. The minimum atomic E-state index is -5.54. The standard InChI is InChI=1S/C19H20F7N3O4/c1-27-7-9-28(10-8-27)12-3-4-13(15(30)33-17(32)19(24,25)26)14(11-12)29(6-2-5-20)16(31)18(21,22)23/h3-4,11H,2,5-10H2,1H3. The van der Waals surface area contributed by atoms with E-state index in [0.717, 1.165) is 12.1 Å². The van der Waals surface area contributed by atoms with Crippen molar-refractivity contribution in [2.45, 2.75) is 18.8 Å². The van der Waals surface area contributed by atoms with Crippen LogP contribution in [-0.2, 0) is 14.3 Å². The fourth-order valence-electron chi connectivity index (χ4n) is 3.08. The van der Waals surface area contributed by atoms with Gasteiger partial charge in [-0.05, 0) is 31.7 Å². The summed E-state index contributed by atoms with van der Waals surface area (Å²) in [6.07, 6.45) is -11.5. The topological polar surface area (TPSA) is 70.2 Å². The fraction of sp³-hybridized carbons (Fsp3) is 0.526. The zero-order valence-electron chi connectivity index (χ0n) is 17.3. The van der Waals surface area contributed by atoms with E-state index >= 15 is 0 Å². The Morgan fingerprint density at radius 3 is 2.12 bits per heavy atom. The molecule has 0 aromatic heterocycles. The van der Waals surface area contributed by atoms with Crippen molar-refractivity contribution < 1.29 is 49.9 Å². The summed E-state index contributed by atoms with van der Waals surface area (Å²) in [5.74, 6) is -7.24. The Morgan fingerprint density at radius 2 is 1.61 bits per heavy atom. The molecule has 0 unspecified atom stereocenters. The number of likely N-dealkylation sites (N-methyl/N-ethyl adjacent to an activating group) is 1. The van der Waals surface area contributed by atoms with Crippen LogP contribution in [0.1, 0.15) is 16.8 Å². The fourth-order valence-corrected chi connectivity index (χ4v) is 3.08. The highest BCUT2D eigenvalue weighted by molar-refractivity contribution is 6.07. The van der Waals surface area contributed by atoms with Crippen LogP contribution in [0.2, 0.25) is 0 Å². The minimum Gasteiger partial charge on any atom is -0.383 e. The second-order valence-electron chi connectivity index (χ2n) is 7.16. The number of carbonyl (C=O) groups excluding carboxylic acids is 3. The first-order chi connectivity index (χ1) is 15.3. The highest BCUT2D eigenvalue weighted by Gasteiger charge is 2.45. The van der Waals surface area contributed by atoms with Crippen LogP contribution in [0.25, 0.3) is 0 Å². The Balaban J connectivity index is 2.54. The average molecular weight is 487 g/mol. The number of piperazine rings is 1. The summed E-state index contributed by atoms with van der Waals surface area (Å²) < 4.78 is 93.5. The second kappa shape index (κ2) is 10.4. The van der Waals surface area contributed by atoms with Crippen molar-refractivity contribution in [2.24, 2.45) is 0 Å². The molecule has 1 aromatic carbocycles. The Labute approximate surface area is 183 Å². The molecule has 0 N–H and O–H groups in total. The molecule has 1 amide bonds. The van der Waals surface area contributed by atoms with Crippen molar-refractivity contribution in [3.63, 3.8) is 0 Å². The molecule has 2 rings (SSSR count). The van der Waals surface area contributed by atoms with Gasteiger partial charge in [-0.2, -0.15) is 26.3 Å². The first-order valence-electron chi connectivity index (χ1n) is 9.61. The summed E-state index contributed by atoms with van der Waals surface area (Å²) in [7, 11) is 1.85. The third-order valence-electron chi connectivity index (χ3n) is 4.78. The molecule has 0 radical (unpaired) electrons. The molecule has 1 aliphatic heterocycles. The zero-order chi connectivity index (χ0) is 25.0. The molecule has 33 heavy (non-hydrogen) atoms. The van der Waals surface area contributed by atoms with Crippen LogP contribution in [0.15, 0.2) is 18.2 Å². The summed E-state index contributed by atoms with van der Waals surface area (Å²) in [5.41, 5.74) is -1.36. The van der Waals surface area contributed by atoms with Crippen molar-refractivity contribution in [1.29, 1.82) is 0 Å². The predicted octanol–water partition coefficient (Wildman–Crippen LogP) is 2.94. The number of carbonyl (C=O) groups is 3. The normalized spacial score (nSPS) is 15.3. The van der Waals surface area contributed by atoms with E-state index in [-0.39, 0.29) is 10.6 Å². The first kappa shape index (κ1) is 26.4. The van der Waals surface area contributed by atoms with Gasteiger partial charge in [0, 0.05) is 38.4 Å². The van der Waals surface area contributed by atoms with Gasteiger partial charge in [0.2, 0.25) is 0 Å². The maximum Gasteiger partial charge on any atom is 0.491 e. The van der Waals surface area contributed by atoms with Gasteiger partial charge in [-0.15, -0.1) is 0 Å². The smallest absolute Gasteiger partial charge is 0.383 e. The molecule has 0 spiro atoms. The third-order valence-corrected chi connectivity index (χ3v) is 4.78. The van der Waals surface area contributed by atoms with Crippen molar-refractivity contribution >= 4 is 29.2 Å². The number of hydrogen-bond donors (Lipinski definition) is 0. The van der Waals surface area contributed by atoms with Gasteiger partial charge in [0.1, 0.15) is 0 Å². The number of esters is 2. The summed E-state index contributed by atoms with van der Waals surface area (Å²) in [5, 5.41) is 0. The largest absolute Gasteiger partial charge is 0.491 e. The van der Waals surface area contributed by atoms with Crippen molar-refractivity contribution in [3.8, 4) is 0 Å². The van der Waals surface area contributed by atoms with Crippen LogP contribution in [0.4, 0.5) is 42.1 Å². The lowest BCUT2D eigenvalue weighted by molar-refractivity contribution is -0.193.